The van der Waals surface area contributed by atoms with E-state index in [1.807, 2.05) is 39.8 Å². The van der Waals surface area contributed by atoms with E-state index in [0.29, 0.717) is 23.6 Å². The predicted molar refractivity (Wildman–Crippen MR) is 164 cm³/mol. The van der Waals surface area contributed by atoms with Crippen LogP contribution in [0.2, 0.25) is 5.02 Å². The summed E-state index contributed by atoms with van der Waals surface area (Å²) in [7, 11) is 1.37. The number of carbonyl (C=O) groups excluding carboxylic acids is 5. The molecule has 4 aliphatic rings. The molecule has 2 aliphatic carbocycles. The van der Waals surface area contributed by atoms with Crippen molar-refractivity contribution in [1.29, 1.82) is 0 Å². The second kappa shape index (κ2) is 11.8. The molecule has 3 fully saturated rings. The van der Waals surface area contributed by atoms with Crippen LogP contribution >= 0.6 is 11.6 Å². The van der Waals surface area contributed by atoms with Gasteiger partial charge >= 0.3 is 0 Å². The second-order valence-electron chi connectivity index (χ2n) is 14.2. The summed E-state index contributed by atoms with van der Waals surface area (Å²) in [5, 5.41) is 13.0. The molecule has 238 valence electrons. The van der Waals surface area contributed by atoms with E-state index in [4.69, 9.17) is 16.4 Å². The topological polar surface area (TPSA) is 146 Å². The molecule has 2 heterocycles. The SMILES string of the molecule is CNC(=O)C(=O)[C@H](CC1CC1)NC(=O)[C@@H]1C[C@]2(CC(c3cccc(Cl)c3)=NO2)CN1C(=O)[C@@H](NC(=O)C1(C)CC1)C(C)(C)C. The molecule has 12 heteroatoms. The van der Waals surface area contributed by atoms with E-state index in [0.717, 1.165) is 31.2 Å². The molecule has 2 saturated carbocycles. The molecule has 0 aromatic heterocycles. The third-order valence-electron chi connectivity index (χ3n) is 9.27. The van der Waals surface area contributed by atoms with Crippen LogP contribution in [-0.4, -0.2) is 77.3 Å². The Kier molecular flexibility index (Phi) is 8.56. The van der Waals surface area contributed by atoms with Crippen molar-refractivity contribution < 1.29 is 28.8 Å². The first kappa shape index (κ1) is 31.9. The first-order valence-electron chi connectivity index (χ1n) is 15.3. The van der Waals surface area contributed by atoms with Crippen LogP contribution in [-0.2, 0) is 28.8 Å². The standard InChI is InChI=1S/C32H42ClN5O6/c1-30(2,3)25(36-29(43)31(4)11-12-31)28(42)38-17-32(15-22(37-44-32)19-7-6-8-20(33)14-19)16-23(38)26(40)35-21(13-18-9-10-18)24(39)27(41)34-5/h6-8,14,18,21,23,25H,9-13,15-17H2,1-5H3,(H,34,41)(H,35,40)(H,36,43)/t21-,23-,25+,32+/m0/s1. The van der Waals surface area contributed by atoms with E-state index in [1.165, 1.54) is 11.9 Å². The predicted octanol–water partition coefficient (Wildman–Crippen LogP) is 2.74. The number of oxime groups is 1. The molecule has 1 spiro atoms. The molecule has 11 nitrogen and oxygen atoms in total. The molecule has 0 radical (unpaired) electrons. The summed E-state index contributed by atoms with van der Waals surface area (Å²) in [5.74, 6) is -2.41. The van der Waals surface area contributed by atoms with E-state index in [9.17, 15) is 24.0 Å². The van der Waals surface area contributed by atoms with Gasteiger partial charge in [0.15, 0.2) is 5.60 Å². The summed E-state index contributed by atoms with van der Waals surface area (Å²) in [6, 6.07) is 4.27. The lowest BCUT2D eigenvalue weighted by molar-refractivity contribution is -0.146. The van der Waals surface area contributed by atoms with Crippen LogP contribution in [0.1, 0.15) is 78.2 Å². The quantitative estimate of drug-likeness (QED) is 0.340. The van der Waals surface area contributed by atoms with Gasteiger partial charge in [-0.1, -0.05) is 69.4 Å². The zero-order valence-electron chi connectivity index (χ0n) is 26.0. The van der Waals surface area contributed by atoms with Gasteiger partial charge in [0, 0.05) is 35.9 Å². The van der Waals surface area contributed by atoms with Gasteiger partial charge in [-0.2, -0.15) is 0 Å². The van der Waals surface area contributed by atoms with Crippen LogP contribution in [0.4, 0.5) is 0 Å². The minimum atomic E-state index is -1.02. The number of amides is 4. The van der Waals surface area contributed by atoms with Gasteiger partial charge in [-0.3, -0.25) is 24.0 Å². The summed E-state index contributed by atoms with van der Waals surface area (Å²) in [6.07, 6.45) is 4.14. The average molecular weight is 628 g/mol. The fraction of sp³-hybridized carbons (Fsp3) is 0.625. The zero-order valence-corrected chi connectivity index (χ0v) is 26.8. The van der Waals surface area contributed by atoms with Crippen molar-refractivity contribution in [1.82, 2.24) is 20.9 Å². The minimum Gasteiger partial charge on any atom is -0.387 e. The Morgan fingerprint density at radius 1 is 1.14 bits per heavy atom. The molecule has 0 unspecified atom stereocenters. The van der Waals surface area contributed by atoms with Crippen LogP contribution in [0.25, 0.3) is 0 Å². The molecule has 1 saturated heterocycles. The summed E-state index contributed by atoms with van der Waals surface area (Å²) >= 11 is 6.21. The second-order valence-corrected chi connectivity index (χ2v) is 14.6. The Morgan fingerprint density at radius 2 is 1.84 bits per heavy atom. The number of hydrogen-bond donors (Lipinski definition) is 3. The maximum atomic E-state index is 14.4. The number of nitrogens with one attached hydrogen (secondary N) is 3. The number of benzene rings is 1. The largest absolute Gasteiger partial charge is 0.387 e. The highest BCUT2D eigenvalue weighted by atomic mass is 35.5. The summed E-state index contributed by atoms with van der Waals surface area (Å²) in [6.45, 7) is 7.52. The molecule has 4 atom stereocenters. The van der Waals surface area contributed by atoms with E-state index in [-0.39, 0.29) is 24.8 Å². The summed E-state index contributed by atoms with van der Waals surface area (Å²) in [4.78, 5) is 74.2. The van der Waals surface area contributed by atoms with Crippen LogP contribution in [0.15, 0.2) is 29.4 Å². The van der Waals surface area contributed by atoms with Crippen molar-refractivity contribution in [3.8, 4) is 0 Å². The lowest BCUT2D eigenvalue weighted by Crippen LogP contribution is -2.59. The smallest absolute Gasteiger partial charge is 0.289 e. The number of rotatable bonds is 10. The van der Waals surface area contributed by atoms with E-state index in [1.54, 1.807) is 12.1 Å². The van der Waals surface area contributed by atoms with Crippen molar-refractivity contribution in [2.45, 2.75) is 96.4 Å². The molecule has 1 aromatic rings. The normalized spacial score (nSPS) is 25.0. The van der Waals surface area contributed by atoms with Gasteiger partial charge in [0.1, 0.15) is 12.1 Å². The van der Waals surface area contributed by atoms with Crippen molar-refractivity contribution in [2.75, 3.05) is 13.6 Å². The van der Waals surface area contributed by atoms with Gasteiger partial charge in [0.25, 0.3) is 5.91 Å². The van der Waals surface area contributed by atoms with Gasteiger partial charge < -0.3 is 25.7 Å². The lowest BCUT2D eigenvalue weighted by Gasteiger charge is -2.36. The average Bonchev–Trinajstić information content (AvgIpc) is 3.87. The number of likely N-dealkylation sites (tertiary alicyclic amines) is 1. The van der Waals surface area contributed by atoms with Crippen LogP contribution < -0.4 is 16.0 Å². The lowest BCUT2D eigenvalue weighted by atomic mass is 9.85. The van der Waals surface area contributed by atoms with Gasteiger partial charge in [-0.15, -0.1) is 0 Å². The first-order valence-corrected chi connectivity index (χ1v) is 15.7. The number of ketones is 1. The monoisotopic (exact) mass is 627 g/mol. The highest BCUT2D eigenvalue weighted by Gasteiger charge is 2.56. The number of likely N-dealkylation sites (N-methyl/N-ethyl adjacent to an activating group) is 1. The van der Waals surface area contributed by atoms with Gasteiger partial charge in [-0.25, -0.2) is 0 Å². The van der Waals surface area contributed by atoms with Gasteiger partial charge in [0.2, 0.25) is 23.5 Å². The molecular weight excluding hydrogens is 586 g/mol. The molecule has 4 amide bonds. The van der Waals surface area contributed by atoms with Crippen molar-refractivity contribution in [3.05, 3.63) is 34.9 Å². The van der Waals surface area contributed by atoms with Crippen molar-refractivity contribution >= 4 is 46.7 Å². The number of nitrogens with zero attached hydrogens (tertiary/aromatic N) is 2. The van der Waals surface area contributed by atoms with Crippen LogP contribution in [0.5, 0.6) is 0 Å². The Hall–Kier alpha value is -3.47. The van der Waals surface area contributed by atoms with Crippen molar-refractivity contribution in [2.24, 2.45) is 21.9 Å². The Morgan fingerprint density at radius 3 is 2.43 bits per heavy atom. The van der Waals surface area contributed by atoms with E-state index < -0.39 is 58.1 Å². The van der Waals surface area contributed by atoms with Gasteiger partial charge in [-0.05, 0) is 42.7 Å². The molecule has 44 heavy (non-hydrogen) atoms. The Bertz CT molecular complexity index is 1400. The van der Waals surface area contributed by atoms with Crippen LogP contribution in [0.3, 0.4) is 0 Å². The van der Waals surface area contributed by atoms with Crippen LogP contribution in [0, 0.1) is 16.7 Å². The zero-order chi connectivity index (χ0) is 32.0. The molecular formula is C32H42ClN5O6. The molecule has 3 N–H and O–H groups in total. The molecule has 1 aromatic carbocycles. The van der Waals surface area contributed by atoms with Crippen molar-refractivity contribution in [3.63, 3.8) is 0 Å². The molecule has 2 aliphatic heterocycles. The van der Waals surface area contributed by atoms with E-state index in [2.05, 4.69) is 21.1 Å². The fourth-order valence-electron chi connectivity index (χ4n) is 5.95. The third kappa shape index (κ3) is 6.77. The highest BCUT2D eigenvalue weighted by molar-refractivity contribution is 6.38. The summed E-state index contributed by atoms with van der Waals surface area (Å²) in [5.41, 5.74) is -0.751. The maximum absolute atomic E-state index is 14.4. The third-order valence-corrected chi connectivity index (χ3v) is 9.50. The minimum absolute atomic E-state index is 0.0495. The Balaban J connectivity index is 1.42. The number of Topliss-reactive ketones (excluding diaryl/α,β-unsaturated/α-hetero) is 1. The van der Waals surface area contributed by atoms with E-state index >= 15 is 0 Å². The Labute approximate surface area is 262 Å². The molecule has 5 rings (SSSR count). The fourth-order valence-corrected chi connectivity index (χ4v) is 6.14. The first-order chi connectivity index (χ1) is 20.6. The number of halogens is 1. The number of hydrogen-bond acceptors (Lipinski definition) is 7. The summed E-state index contributed by atoms with van der Waals surface area (Å²) < 4.78 is 0. The van der Waals surface area contributed by atoms with Gasteiger partial charge in [0.05, 0.1) is 18.3 Å². The number of carbonyl (C=O) groups is 5. The molecule has 0 bridgehead atoms. The maximum Gasteiger partial charge on any atom is 0.289 e. The highest BCUT2D eigenvalue weighted by Crippen LogP contribution is 2.46.